The molecular formula is C16H16OS2. The molecule has 0 radical (unpaired) electrons. The van der Waals surface area contributed by atoms with Gasteiger partial charge in [-0.15, -0.1) is 11.8 Å². The fourth-order valence-corrected chi connectivity index (χ4v) is 3.35. The monoisotopic (exact) mass is 288 g/mol. The van der Waals surface area contributed by atoms with Gasteiger partial charge in [-0.25, -0.2) is 0 Å². The summed E-state index contributed by atoms with van der Waals surface area (Å²) >= 11 is 7.19. The van der Waals surface area contributed by atoms with Crippen molar-refractivity contribution in [2.24, 2.45) is 0 Å². The Bertz CT molecular complexity index is 552. The summed E-state index contributed by atoms with van der Waals surface area (Å²) in [5.41, 5.74) is 2.28. The average Bonchev–Trinajstić information content (AvgIpc) is 2.48. The van der Waals surface area contributed by atoms with Crippen LogP contribution >= 0.6 is 24.0 Å². The van der Waals surface area contributed by atoms with Gasteiger partial charge in [-0.1, -0.05) is 60.7 Å². The molecule has 2 aromatic rings. The summed E-state index contributed by atoms with van der Waals surface area (Å²) in [5, 5.41) is 0.267. The molecule has 0 bridgehead atoms. The van der Waals surface area contributed by atoms with E-state index in [-0.39, 0.29) is 5.25 Å². The summed E-state index contributed by atoms with van der Waals surface area (Å²) in [5.74, 6) is 0.915. The maximum absolute atomic E-state index is 5.50. The van der Waals surface area contributed by atoms with Crippen molar-refractivity contribution in [3.63, 3.8) is 0 Å². The minimum absolute atomic E-state index is 0.267. The van der Waals surface area contributed by atoms with E-state index in [9.17, 15) is 0 Å². The molecular weight excluding hydrogens is 272 g/mol. The minimum atomic E-state index is 0.267. The highest BCUT2D eigenvalue weighted by molar-refractivity contribution is 8.23. The van der Waals surface area contributed by atoms with Crippen LogP contribution in [0.25, 0.3) is 0 Å². The molecule has 0 N–H and O–H groups in total. The molecule has 0 aliphatic carbocycles. The molecule has 0 fully saturated rings. The number of thiocarbonyl (C=S) groups is 1. The lowest BCUT2D eigenvalue weighted by molar-refractivity contribution is 0.410. The molecule has 0 spiro atoms. The van der Waals surface area contributed by atoms with E-state index < -0.39 is 0 Å². The smallest absolute Gasteiger partial charge is 0.123 e. The van der Waals surface area contributed by atoms with E-state index in [1.807, 2.05) is 48.5 Å². The van der Waals surface area contributed by atoms with E-state index in [4.69, 9.17) is 17.0 Å². The zero-order chi connectivity index (χ0) is 13.7. The number of benzene rings is 2. The third-order valence-corrected chi connectivity index (χ3v) is 4.45. The molecule has 2 rings (SSSR count). The van der Waals surface area contributed by atoms with Crippen molar-refractivity contribution >= 4 is 28.2 Å². The first-order valence-electron chi connectivity index (χ1n) is 6.11. The van der Waals surface area contributed by atoms with Gasteiger partial charge in [0.1, 0.15) is 5.75 Å². The first-order valence-corrected chi connectivity index (χ1v) is 7.40. The number of ether oxygens (including phenoxy) is 1. The van der Waals surface area contributed by atoms with Gasteiger partial charge in [-0.3, -0.25) is 0 Å². The summed E-state index contributed by atoms with van der Waals surface area (Å²) in [6.07, 6.45) is 0. The molecule has 1 atom stereocenters. The van der Waals surface area contributed by atoms with Gasteiger partial charge in [0.15, 0.2) is 0 Å². The lowest BCUT2D eigenvalue weighted by Gasteiger charge is -2.15. The second-order valence-corrected chi connectivity index (χ2v) is 6.17. The Kier molecular flexibility index (Phi) is 5.00. The Morgan fingerprint density at radius 2 is 1.68 bits per heavy atom. The highest BCUT2D eigenvalue weighted by Crippen LogP contribution is 2.36. The van der Waals surface area contributed by atoms with Gasteiger partial charge in [0.05, 0.1) is 11.3 Å². The zero-order valence-electron chi connectivity index (χ0n) is 11.0. The SMILES string of the molecule is COc1ccccc1C(C)SC(=S)c1ccccc1. The van der Waals surface area contributed by atoms with Crippen LogP contribution in [-0.4, -0.2) is 11.3 Å². The number of hydrogen-bond donors (Lipinski definition) is 0. The molecule has 0 aromatic heterocycles. The van der Waals surface area contributed by atoms with Crippen molar-refractivity contribution < 1.29 is 4.74 Å². The van der Waals surface area contributed by atoms with Crippen molar-refractivity contribution in [1.29, 1.82) is 0 Å². The highest BCUT2D eigenvalue weighted by atomic mass is 32.2. The van der Waals surface area contributed by atoms with E-state index in [0.717, 1.165) is 15.5 Å². The van der Waals surface area contributed by atoms with Crippen molar-refractivity contribution in [3.05, 3.63) is 65.7 Å². The average molecular weight is 288 g/mol. The second-order valence-electron chi connectivity index (χ2n) is 4.16. The van der Waals surface area contributed by atoms with Crippen LogP contribution < -0.4 is 4.74 Å². The lowest BCUT2D eigenvalue weighted by atomic mass is 10.1. The molecule has 0 saturated heterocycles. The van der Waals surface area contributed by atoms with Crippen LogP contribution in [0.4, 0.5) is 0 Å². The van der Waals surface area contributed by atoms with Gasteiger partial charge < -0.3 is 4.74 Å². The van der Waals surface area contributed by atoms with Crippen molar-refractivity contribution in [3.8, 4) is 5.75 Å². The molecule has 0 saturated carbocycles. The molecule has 3 heteroatoms. The van der Waals surface area contributed by atoms with Gasteiger partial charge in [0.25, 0.3) is 0 Å². The summed E-state index contributed by atoms with van der Waals surface area (Å²) < 4.78 is 6.31. The van der Waals surface area contributed by atoms with E-state index in [1.165, 1.54) is 5.56 Å². The molecule has 0 aliphatic rings. The Hall–Kier alpha value is -1.32. The summed E-state index contributed by atoms with van der Waals surface area (Å²) in [6, 6.07) is 18.2. The molecule has 1 unspecified atom stereocenters. The predicted octanol–water partition coefficient (Wildman–Crippen LogP) is 4.87. The van der Waals surface area contributed by atoms with Crippen molar-refractivity contribution in [2.75, 3.05) is 7.11 Å². The van der Waals surface area contributed by atoms with E-state index in [2.05, 4.69) is 13.0 Å². The number of para-hydroxylation sites is 1. The Labute approximate surface area is 124 Å². The van der Waals surface area contributed by atoms with Gasteiger partial charge in [0.2, 0.25) is 0 Å². The molecule has 0 aliphatic heterocycles. The van der Waals surface area contributed by atoms with Crippen LogP contribution in [-0.2, 0) is 0 Å². The van der Waals surface area contributed by atoms with E-state index in [0.29, 0.717) is 0 Å². The molecule has 2 aromatic carbocycles. The molecule has 0 heterocycles. The topological polar surface area (TPSA) is 9.23 Å². The van der Waals surface area contributed by atoms with Crippen LogP contribution in [0.1, 0.15) is 23.3 Å². The summed E-state index contributed by atoms with van der Waals surface area (Å²) in [7, 11) is 1.70. The normalized spacial score (nSPS) is 11.9. The molecule has 1 nitrogen and oxygen atoms in total. The number of thioether (sulfide) groups is 1. The fourth-order valence-electron chi connectivity index (χ4n) is 1.87. The minimum Gasteiger partial charge on any atom is -0.496 e. The third-order valence-electron chi connectivity index (χ3n) is 2.87. The molecule has 19 heavy (non-hydrogen) atoms. The first-order chi connectivity index (χ1) is 9.22. The number of rotatable bonds is 4. The fraction of sp³-hybridized carbons (Fsp3) is 0.188. The van der Waals surface area contributed by atoms with Gasteiger partial charge in [-0.05, 0) is 18.6 Å². The van der Waals surface area contributed by atoms with Crippen LogP contribution in [0.3, 0.4) is 0 Å². The third kappa shape index (κ3) is 3.58. The van der Waals surface area contributed by atoms with Crippen molar-refractivity contribution in [2.45, 2.75) is 12.2 Å². The largest absolute Gasteiger partial charge is 0.496 e. The maximum atomic E-state index is 5.50. The standard InChI is InChI=1S/C16H16OS2/c1-12(14-10-6-7-11-15(14)17-2)19-16(18)13-8-4-3-5-9-13/h3-12H,1-2H3. The summed E-state index contributed by atoms with van der Waals surface area (Å²) in [6.45, 7) is 2.15. The van der Waals surface area contributed by atoms with E-state index in [1.54, 1.807) is 18.9 Å². The second kappa shape index (κ2) is 6.73. The Morgan fingerprint density at radius 1 is 1.05 bits per heavy atom. The van der Waals surface area contributed by atoms with Crippen molar-refractivity contribution in [1.82, 2.24) is 0 Å². The Balaban J connectivity index is 2.13. The quantitative estimate of drug-likeness (QED) is 0.743. The lowest BCUT2D eigenvalue weighted by Crippen LogP contribution is -1.98. The van der Waals surface area contributed by atoms with Gasteiger partial charge in [-0.2, -0.15) is 0 Å². The van der Waals surface area contributed by atoms with Gasteiger partial charge >= 0.3 is 0 Å². The molecule has 0 amide bonds. The predicted molar refractivity (Wildman–Crippen MR) is 87.1 cm³/mol. The van der Waals surface area contributed by atoms with Gasteiger partial charge in [0, 0.05) is 10.8 Å². The number of hydrogen-bond acceptors (Lipinski definition) is 3. The summed E-state index contributed by atoms with van der Waals surface area (Å²) in [4.78, 5) is 0. The molecule has 98 valence electrons. The van der Waals surface area contributed by atoms with Crippen LogP contribution in [0, 0.1) is 0 Å². The zero-order valence-corrected chi connectivity index (χ0v) is 12.6. The maximum Gasteiger partial charge on any atom is 0.123 e. The van der Waals surface area contributed by atoms with Crippen LogP contribution in [0.2, 0.25) is 0 Å². The number of methoxy groups -OCH3 is 1. The van der Waals surface area contributed by atoms with Crippen LogP contribution in [0.5, 0.6) is 5.75 Å². The Morgan fingerprint density at radius 3 is 2.37 bits per heavy atom. The first kappa shape index (κ1) is 14.1. The van der Waals surface area contributed by atoms with E-state index >= 15 is 0 Å². The highest BCUT2D eigenvalue weighted by Gasteiger charge is 2.14. The van der Waals surface area contributed by atoms with Crippen LogP contribution in [0.15, 0.2) is 54.6 Å².